The van der Waals surface area contributed by atoms with Crippen LogP contribution in [0, 0.1) is 6.92 Å². The SMILES string of the molecule is CCC(CC)(NCCC(=O)Nc1cc(C)on1)c1ccc(Cl)cc1. The first-order valence-corrected chi connectivity index (χ1v) is 8.61. The first-order valence-electron chi connectivity index (χ1n) is 8.23. The van der Waals surface area contributed by atoms with Crippen LogP contribution in [0.2, 0.25) is 5.02 Å². The fraction of sp³-hybridized carbons (Fsp3) is 0.444. The zero-order valence-electron chi connectivity index (χ0n) is 14.4. The van der Waals surface area contributed by atoms with Crippen molar-refractivity contribution in [2.45, 2.75) is 45.6 Å². The summed E-state index contributed by atoms with van der Waals surface area (Å²) in [5.41, 5.74) is 1.03. The molecule has 0 aliphatic rings. The highest BCUT2D eigenvalue weighted by molar-refractivity contribution is 6.30. The van der Waals surface area contributed by atoms with Crippen LogP contribution in [-0.2, 0) is 10.3 Å². The number of aryl methyl sites for hydroxylation is 1. The largest absolute Gasteiger partial charge is 0.360 e. The Balaban J connectivity index is 1.93. The molecular formula is C18H24ClN3O2. The quantitative estimate of drug-likeness (QED) is 0.746. The Hall–Kier alpha value is -1.85. The third-order valence-corrected chi connectivity index (χ3v) is 4.57. The molecule has 0 spiro atoms. The molecule has 130 valence electrons. The number of hydrogen-bond donors (Lipinski definition) is 2. The Morgan fingerprint density at radius 2 is 1.92 bits per heavy atom. The lowest BCUT2D eigenvalue weighted by atomic mass is 9.84. The van der Waals surface area contributed by atoms with Crippen LogP contribution in [0.25, 0.3) is 0 Å². The van der Waals surface area contributed by atoms with E-state index in [2.05, 4.69) is 29.6 Å². The van der Waals surface area contributed by atoms with Crippen molar-refractivity contribution in [1.82, 2.24) is 10.5 Å². The summed E-state index contributed by atoms with van der Waals surface area (Å²) >= 11 is 5.99. The molecule has 0 bridgehead atoms. The lowest BCUT2D eigenvalue weighted by Gasteiger charge is -2.34. The van der Waals surface area contributed by atoms with Crippen molar-refractivity contribution < 1.29 is 9.32 Å². The summed E-state index contributed by atoms with van der Waals surface area (Å²) in [7, 11) is 0. The Morgan fingerprint density at radius 1 is 1.25 bits per heavy atom. The van der Waals surface area contributed by atoms with Gasteiger partial charge in [0.05, 0.1) is 0 Å². The van der Waals surface area contributed by atoms with Crippen LogP contribution in [0.3, 0.4) is 0 Å². The van der Waals surface area contributed by atoms with E-state index < -0.39 is 0 Å². The van der Waals surface area contributed by atoms with Crippen LogP contribution in [-0.4, -0.2) is 17.6 Å². The van der Waals surface area contributed by atoms with Crippen molar-refractivity contribution in [1.29, 1.82) is 0 Å². The Labute approximate surface area is 147 Å². The van der Waals surface area contributed by atoms with Gasteiger partial charge in [0.2, 0.25) is 5.91 Å². The smallest absolute Gasteiger partial charge is 0.226 e. The monoisotopic (exact) mass is 349 g/mol. The van der Waals surface area contributed by atoms with Gasteiger partial charge in [-0.1, -0.05) is 42.7 Å². The van der Waals surface area contributed by atoms with Gasteiger partial charge < -0.3 is 15.2 Å². The molecule has 1 aromatic heterocycles. The molecule has 24 heavy (non-hydrogen) atoms. The van der Waals surface area contributed by atoms with E-state index in [-0.39, 0.29) is 11.4 Å². The minimum Gasteiger partial charge on any atom is -0.360 e. The minimum atomic E-state index is -0.157. The number of carbonyl (C=O) groups excluding carboxylic acids is 1. The fourth-order valence-electron chi connectivity index (χ4n) is 2.83. The molecule has 0 radical (unpaired) electrons. The second-order valence-corrected chi connectivity index (χ2v) is 6.28. The van der Waals surface area contributed by atoms with Crippen LogP contribution in [0.1, 0.15) is 44.4 Å². The molecular weight excluding hydrogens is 326 g/mol. The molecule has 0 saturated heterocycles. The van der Waals surface area contributed by atoms with E-state index in [9.17, 15) is 4.79 Å². The molecule has 0 aliphatic heterocycles. The highest BCUT2D eigenvalue weighted by Crippen LogP contribution is 2.29. The van der Waals surface area contributed by atoms with Gasteiger partial charge in [-0.3, -0.25) is 4.79 Å². The predicted molar refractivity (Wildman–Crippen MR) is 96.2 cm³/mol. The molecule has 2 rings (SSSR count). The van der Waals surface area contributed by atoms with Crippen molar-refractivity contribution in [2.24, 2.45) is 0 Å². The van der Waals surface area contributed by atoms with Crippen LogP contribution in [0.15, 0.2) is 34.9 Å². The van der Waals surface area contributed by atoms with Gasteiger partial charge in [-0.2, -0.15) is 0 Å². The average molecular weight is 350 g/mol. The van der Waals surface area contributed by atoms with Crippen molar-refractivity contribution in [3.63, 3.8) is 0 Å². The van der Waals surface area contributed by atoms with Gasteiger partial charge in [0.25, 0.3) is 0 Å². The third kappa shape index (κ3) is 4.58. The van der Waals surface area contributed by atoms with Crippen LogP contribution < -0.4 is 10.6 Å². The number of carbonyl (C=O) groups is 1. The Kier molecular flexibility index (Phi) is 6.40. The van der Waals surface area contributed by atoms with Gasteiger partial charge >= 0.3 is 0 Å². The number of nitrogens with one attached hydrogen (secondary N) is 2. The second kappa shape index (κ2) is 8.31. The molecule has 1 amide bonds. The van der Waals surface area contributed by atoms with Crippen molar-refractivity contribution >= 4 is 23.3 Å². The number of hydrogen-bond acceptors (Lipinski definition) is 4. The van der Waals surface area contributed by atoms with Crippen molar-refractivity contribution in [3.8, 4) is 0 Å². The van der Waals surface area contributed by atoms with E-state index in [0.717, 1.165) is 17.9 Å². The number of amides is 1. The summed E-state index contributed by atoms with van der Waals surface area (Å²) in [6.45, 7) is 6.65. The number of halogens is 1. The second-order valence-electron chi connectivity index (χ2n) is 5.84. The summed E-state index contributed by atoms with van der Waals surface area (Å²) in [6.07, 6.45) is 2.21. The van der Waals surface area contributed by atoms with Gasteiger partial charge in [0.1, 0.15) is 5.76 Å². The molecule has 0 aliphatic carbocycles. The summed E-state index contributed by atoms with van der Waals surface area (Å²) < 4.78 is 4.94. The highest BCUT2D eigenvalue weighted by atomic mass is 35.5. The lowest BCUT2D eigenvalue weighted by molar-refractivity contribution is -0.116. The van der Waals surface area contributed by atoms with Gasteiger partial charge in [-0.05, 0) is 37.5 Å². The maximum atomic E-state index is 12.0. The first kappa shape index (κ1) is 18.5. The maximum Gasteiger partial charge on any atom is 0.226 e. The summed E-state index contributed by atoms with van der Waals surface area (Å²) in [6, 6.07) is 9.58. The summed E-state index contributed by atoms with van der Waals surface area (Å²) in [4.78, 5) is 12.0. The van der Waals surface area contributed by atoms with Crippen LogP contribution in [0.4, 0.5) is 5.82 Å². The maximum absolute atomic E-state index is 12.0. The molecule has 0 saturated carbocycles. The molecule has 1 aromatic carbocycles. The van der Waals surface area contributed by atoms with Gasteiger partial charge in [-0.25, -0.2) is 0 Å². The number of benzene rings is 1. The van der Waals surface area contributed by atoms with Gasteiger partial charge in [0.15, 0.2) is 5.82 Å². The van der Waals surface area contributed by atoms with Crippen LogP contribution >= 0.6 is 11.6 Å². The molecule has 0 unspecified atom stereocenters. The Morgan fingerprint density at radius 3 is 2.46 bits per heavy atom. The van der Waals surface area contributed by atoms with Crippen LogP contribution in [0.5, 0.6) is 0 Å². The zero-order valence-corrected chi connectivity index (χ0v) is 15.1. The van der Waals surface area contributed by atoms with Crippen molar-refractivity contribution in [2.75, 3.05) is 11.9 Å². The molecule has 1 heterocycles. The van der Waals surface area contributed by atoms with E-state index in [1.807, 2.05) is 24.3 Å². The third-order valence-electron chi connectivity index (χ3n) is 4.31. The highest BCUT2D eigenvalue weighted by Gasteiger charge is 2.27. The van der Waals surface area contributed by atoms with E-state index >= 15 is 0 Å². The van der Waals surface area contributed by atoms with E-state index in [4.69, 9.17) is 16.1 Å². The molecule has 0 atom stereocenters. The number of aromatic nitrogens is 1. The zero-order chi connectivity index (χ0) is 17.6. The predicted octanol–water partition coefficient (Wildman–Crippen LogP) is 4.27. The van der Waals surface area contributed by atoms with E-state index in [1.165, 1.54) is 5.56 Å². The van der Waals surface area contributed by atoms with E-state index in [1.54, 1.807) is 13.0 Å². The molecule has 2 N–H and O–H groups in total. The molecule has 0 fully saturated rings. The number of rotatable bonds is 8. The van der Waals surface area contributed by atoms with E-state index in [0.29, 0.717) is 24.5 Å². The minimum absolute atomic E-state index is 0.0898. The standard InChI is InChI=1S/C18H24ClN3O2/c1-4-18(5-2,14-6-8-15(19)9-7-14)20-11-10-17(23)21-16-12-13(3)24-22-16/h6-9,12,20H,4-5,10-11H2,1-3H3,(H,21,22,23). The number of anilines is 1. The first-order chi connectivity index (χ1) is 11.5. The molecule has 5 nitrogen and oxygen atoms in total. The lowest BCUT2D eigenvalue weighted by Crippen LogP contribution is -2.42. The topological polar surface area (TPSA) is 67.2 Å². The van der Waals surface area contributed by atoms with Crippen molar-refractivity contribution in [3.05, 3.63) is 46.7 Å². The average Bonchev–Trinajstić information content (AvgIpc) is 2.98. The Bertz CT molecular complexity index is 663. The molecule has 2 aromatic rings. The van der Waals surface area contributed by atoms with Gasteiger partial charge in [-0.15, -0.1) is 0 Å². The summed E-state index contributed by atoms with van der Waals surface area (Å²) in [5, 5.41) is 10.8. The number of nitrogens with zero attached hydrogens (tertiary/aromatic N) is 1. The fourth-order valence-corrected chi connectivity index (χ4v) is 2.95. The van der Waals surface area contributed by atoms with Gasteiger partial charge in [0, 0.05) is 29.6 Å². The molecule has 6 heteroatoms. The normalized spacial score (nSPS) is 11.5. The summed E-state index contributed by atoms with van der Waals surface area (Å²) in [5.74, 6) is 1.03.